The molecule has 1 aliphatic carbocycles. The van der Waals surface area contributed by atoms with E-state index in [1.54, 1.807) is 0 Å². The number of carbonyl (C=O) groups is 2. The van der Waals surface area contributed by atoms with Crippen molar-refractivity contribution in [2.75, 3.05) is 11.9 Å². The van der Waals surface area contributed by atoms with Gasteiger partial charge in [-0.15, -0.1) is 0 Å². The van der Waals surface area contributed by atoms with E-state index >= 15 is 0 Å². The molecule has 4 heteroatoms. The first-order chi connectivity index (χ1) is 10.7. The van der Waals surface area contributed by atoms with Gasteiger partial charge in [0.1, 0.15) is 0 Å². The van der Waals surface area contributed by atoms with Crippen LogP contribution in [0.15, 0.2) is 29.8 Å². The maximum absolute atomic E-state index is 12.0. The summed E-state index contributed by atoms with van der Waals surface area (Å²) in [6.45, 7) is 0.718. The largest absolute Gasteiger partial charge is 0.355 e. The molecule has 0 spiro atoms. The van der Waals surface area contributed by atoms with Gasteiger partial charge in [0.25, 0.3) is 0 Å². The molecule has 0 saturated carbocycles. The second-order valence-electron chi connectivity index (χ2n) is 6.10. The number of rotatable bonds is 5. The van der Waals surface area contributed by atoms with Gasteiger partial charge in [0.2, 0.25) is 11.8 Å². The van der Waals surface area contributed by atoms with Crippen molar-refractivity contribution < 1.29 is 9.59 Å². The summed E-state index contributed by atoms with van der Waals surface area (Å²) in [4.78, 5) is 23.3. The highest BCUT2D eigenvalue weighted by molar-refractivity contribution is 5.99. The fourth-order valence-electron chi connectivity index (χ4n) is 3.13. The number of fused-ring (bicyclic) bond motifs is 1. The Balaban J connectivity index is 1.47. The molecule has 3 rings (SSSR count). The Morgan fingerprint density at radius 2 is 2.18 bits per heavy atom. The average molecular weight is 298 g/mol. The van der Waals surface area contributed by atoms with Crippen molar-refractivity contribution in [2.24, 2.45) is 0 Å². The minimum Gasteiger partial charge on any atom is -0.355 e. The molecule has 22 heavy (non-hydrogen) atoms. The van der Waals surface area contributed by atoms with Crippen LogP contribution in [0.4, 0.5) is 5.69 Å². The van der Waals surface area contributed by atoms with Crippen LogP contribution in [0.5, 0.6) is 0 Å². The smallest absolute Gasteiger partial charge is 0.228 e. The Hall–Kier alpha value is -2.10. The summed E-state index contributed by atoms with van der Waals surface area (Å²) >= 11 is 0. The number of hydrogen-bond donors (Lipinski definition) is 2. The lowest BCUT2D eigenvalue weighted by molar-refractivity contribution is -0.120. The summed E-state index contributed by atoms with van der Waals surface area (Å²) in [6.07, 6.45) is 9.02. The molecule has 0 saturated heterocycles. The molecule has 1 heterocycles. The molecule has 0 fully saturated rings. The first-order valence-corrected chi connectivity index (χ1v) is 8.07. The van der Waals surface area contributed by atoms with E-state index < -0.39 is 0 Å². The summed E-state index contributed by atoms with van der Waals surface area (Å²) in [5, 5.41) is 5.80. The van der Waals surface area contributed by atoms with Crippen LogP contribution in [-0.2, 0) is 22.4 Å². The molecular formula is C18H22N2O2. The van der Waals surface area contributed by atoms with Crippen LogP contribution < -0.4 is 10.6 Å². The Morgan fingerprint density at radius 1 is 1.27 bits per heavy atom. The Bertz CT molecular complexity index is 620. The number of benzene rings is 1. The van der Waals surface area contributed by atoms with Crippen LogP contribution in [0.2, 0.25) is 0 Å². The first-order valence-electron chi connectivity index (χ1n) is 8.07. The number of amides is 2. The highest BCUT2D eigenvalue weighted by atomic mass is 16.2. The van der Waals surface area contributed by atoms with Gasteiger partial charge < -0.3 is 10.6 Å². The zero-order valence-corrected chi connectivity index (χ0v) is 12.8. The zero-order valence-electron chi connectivity index (χ0n) is 12.8. The highest BCUT2D eigenvalue weighted by Crippen LogP contribution is 2.24. The topological polar surface area (TPSA) is 58.2 Å². The van der Waals surface area contributed by atoms with Gasteiger partial charge in [0.05, 0.1) is 12.8 Å². The monoisotopic (exact) mass is 298 g/mol. The summed E-state index contributed by atoms with van der Waals surface area (Å²) < 4.78 is 0. The van der Waals surface area contributed by atoms with Crippen molar-refractivity contribution in [2.45, 2.75) is 44.9 Å². The second kappa shape index (κ2) is 6.77. The molecular weight excluding hydrogens is 276 g/mol. The van der Waals surface area contributed by atoms with Crippen LogP contribution in [-0.4, -0.2) is 18.4 Å². The van der Waals surface area contributed by atoms with E-state index in [4.69, 9.17) is 0 Å². The van der Waals surface area contributed by atoms with Crippen LogP contribution in [0.1, 0.15) is 43.2 Å². The van der Waals surface area contributed by atoms with E-state index in [0.29, 0.717) is 12.8 Å². The van der Waals surface area contributed by atoms with Gasteiger partial charge in [-0.3, -0.25) is 9.59 Å². The third-order valence-electron chi connectivity index (χ3n) is 4.31. The van der Waals surface area contributed by atoms with Crippen LogP contribution in [0, 0.1) is 0 Å². The lowest BCUT2D eigenvalue weighted by Gasteiger charge is -2.13. The molecule has 2 amide bonds. The first kappa shape index (κ1) is 14.8. The van der Waals surface area contributed by atoms with Gasteiger partial charge in [0.15, 0.2) is 0 Å². The van der Waals surface area contributed by atoms with E-state index in [9.17, 15) is 9.59 Å². The molecule has 1 aromatic carbocycles. The molecule has 0 aromatic heterocycles. The molecule has 2 aliphatic rings. The second-order valence-corrected chi connectivity index (χ2v) is 6.10. The van der Waals surface area contributed by atoms with Crippen LogP contribution in [0.3, 0.4) is 0 Å². The van der Waals surface area contributed by atoms with Gasteiger partial charge in [-0.1, -0.05) is 23.8 Å². The molecule has 1 aliphatic heterocycles. The predicted molar refractivity (Wildman–Crippen MR) is 86.7 cm³/mol. The third-order valence-corrected chi connectivity index (χ3v) is 4.31. The van der Waals surface area contributed by atoms with E-state index in [1.807, 2.05) is 18.2 Å². The minimum absolute atomic E-state index is 0.0253. The number of allylic oxidation sites excluding steroid dienone is 1. The number of nitrogens with one attached hydrogen (secondary N) is 2. The number of hydrogen-bond acceptors (Lipinski definition) is 2. The molecule has 4 nitrogen and oxygen atoms in total. The number of anilines is 1. The lowest BCUT2D eigenvalue weighted by Crippen LogP contribution is -2.26. The van der Waals surface area contributed by atoms with Gasteiger partial charge in [-0.2, -0.15) is 0 Å². The maximum Gasteiger partial charge on any atom is 0.228 e. The summed E-state index contributed by atoms with van der Waals surface area (Å²) in [5.74, 6) is 0.0750. The molecule has 0 unspecified atom stereocenters. The van der Waals surface area contributed by atoms with Gasteiger partial charge >= 0.3 is 0 Å². The molecule has 0 atom stereocenters. The third kappa shape index (κ3) is 3.75. The normalized spacial score (nSPS) is 16.7. The summed E-state index contributed by atoms with van der Waals surface area (Å²) in [7, 11) is 0. The fraction of sp³-hybridized carbons (Fsp3) is 0.444. The van der Waals surface area contributed by atoms with Crippen molar-refractivity contribution in [3.63, 3.8) is 0 Å². The molecule has 0 radical (unpaired) electrons. The fourth-order valence-corrected chi connectivity index (χ4v) is 3.13. The molecule has 0 bridgehead atoms. The van der Waals surface area contributed by atoms with Gasteiger partial charge in [-0.25, -0.2) is 0 Å². The van der Waals surface area contributed by atoms with Crippen molar-refractivity contribution in [3.05, 3.63) is 41.0 Å². The van der Waals surface area contributed by atoms with Crippen LogP contribution in [0.25, 0.3) is 0 Å². The van der Waals surface area contributed by atoms with Crippen molar-refractivity contribution in [1.82, 2.24) is 5.32 Å². The standard InChI is InChI=1S/C18H22N2O2/c21-17(19-9-8-13-4-2-1-3-5-13)11-14-6-7-16-15(10-14)12-18(22)20-16/h4,6-7,10H,1-3,5,8-9,11-12H2,(H,19,21)(H,20,22). The van der Waals surface area contributed by atoms with Crippen LogP contribution >= 0.6 is 0 Å². The lowest BCUT2D eigenvalue weighted by atomic mass is 9.97. The molecule has 116 valence electrons. The van der Waals surface area contributed by atoms with Crippen molar-refractivity contribution >= 4 is 17.5 Å². The Labute approximate surface area is 131 Å². The quantitative estimate of drug-likeness (QED) is 0.821. The van der Waals surface area contributed by atoms with Crippen molar-refractivity contribution in [1.29, 1.82) is 0 Å². The predicted octanol–water partition coefficient (Wildman–Crippen LogP) is 2.73. The molecule has 1 aromatic rings. The summed E-state index contributed by atoms with van der Waals surface area (Å²) in [6, 6.07) is 5.75. The van der Waals surface area contributed by atoms with E-state index in [-0.39, 0.29) is 11.8 Å². The minimum atomic E-state index is 0.0253. The van der Waals surface area contributed by atoms with E-state index in [2.05, 4.69) is 16.7 Å². The Kier molecular flexibility index (Phi) is 4.56. The average Bonchev–Trinajstić information content (AvgIpc) is 2.87. The maximum atomic E-state index is 12.0. The SMILES string of the molecule is O=C(Cc1ccc2c(c1)CC(=O)N2)NCCC1=CCCCC1. The highest BCUT2D eigenvalue weighted by Gasteiger charge is 2.17. The Morgan fingerprint density at radius 3 is 3.00 bits per heavy atom. The zero-order chi connectivity index (χ0) is 15.4. The van der Waals surface area contributed by atoms with Crippen molar-refractivity contribution in [3.8, 4) is 0 Å². The summed E-state index contributed by atoms with van der Waals surface area (Å²) in [5.41, 5.74) is 4.30. The van der Waals surface area contributed by atoms with E-state index in [1.165, 1.54) is 31.3 Å². The van der Waals surface area contributed by atoms with Gasteiger partial charge in [-0.05, 0) is 49.3 Å². The molecule has 2 N–H and O–H groups in total. The number of carbonyl (C=O) groups excluding carboxylic acids is 2. The van der Waals surface area contributed by atoms with E-state index in [0.717, 1.165) is 29.8 Å². The van der Waals surface area contributed by atoms with Gasteiger partial charge in [0, 0.05) is 12.2 Å².